The van der Waals surface area contributed by atoms with E-state index in [1.807, 2.05) is 0 Å². The summed E-state index contributed by atoms with van der Waals surface area (Å²) in [6.07, 6.45) is 3.65. The van der Waals surface area contributed by atoms with Gasteiger partial charge >= 0.3 is 5.97 Å². The first-order chi connectivity index (χ1) is 10.0. The van der Waals surface area contributed by atoms with Gasteiger partial charge in [0.25, 0.3) is 0 Å². The van der Waals surface area contributed by atoms with E-state index in [-0.39, 0.29) is 11.8 Å². The Hall–Kier alpha value is -1.24. The quantitative estimate of drug-likeness (QED) is 0.814. The molecule has 1 saturated heterocycles. The molecule has 0 bridgehead atoms. The number of hydrogen-bond donors (Lipinski definition) is 1. The average Bonchev–Trinajstić information content (AvgIpc) is 2.89. The molecule has 1 N–H and O–H groups in total. The van der Waals surface area contributed by atoms with E-state index in [0.717, 1.165) is 19.0 Å². The van der Waals surface area contributed by atoms with Crippen molar-refractivity contribution in [2.45, 2.75) is 51.2 Å². The van der Waals surface area contributed by atoms with Crippen molar-refractivity contribution in [2.24, 2.45) is 5.92 Å². The number of thioether (sulfide) groups is 1. The minimum absolute atomic E-state index is 0.0163. The largest absolute Gasteiger partial charge is 0.481 e. The van der Waals surface area contributed by atoms with Gasteiger partial charge in [0.1, 0.15) is 0 Å². The van der Waals surface area contributed by atoms with E-state index < -0.39 is 5.97 Å². The highest BCUT2D eigenvalue weighted by Crippen LogP contribution is 2.29. The van der Waals surface area contributed by atoms with E-state index in [4.69, 9.17) is 5.11 Å². The van der Waals surface area contributed by atoms with Gasteiger partial charge in [-0.25, -0.2) is 0 Å². The average molecular weight is 312 g/mol. The number of aliphatic carboxylic acids is 1. The van der Waals surface area contributed by atoms with E-state index in [0.29, 0.717) is 11.1 Å². The van der Waals surface area contributed by atoms with E-state index in [2.05, 4.69) is 40.4 Å². The van der Waals surface area contributed by atoms with Crippen LogP contribution in [0.2, 0.25) is 0 Å². The van der Waals surface area contributed by atoms with E-state index >= 15 is 0 Å². The summed E-state index contributed by atoms with van der Waals surface area (Å²) in [6, 6.07) is 0.216. The third-order valence-electron chi connectivity index (χ3n) is 3.87. The fourth-order valence-electron chi connectivity index (χ4n) is 2.74. The molecule has 0 radical (unpaired) electrons. The molecule has 2 heterocycles. The molecule has 1 aliphatic heterocycles. The maximum Gasteiger partial charge on any atom is 0.313 e. The summed E-state index contributed by atoms with van der Waals surface area (Å²) in [5, 5.41) is 18.1. The molecule has 0 saturated carbocycles. The number of nitrogens with zero attached hydrogens (tertiary/aromatic N) is 4. The fourth-order valence-corrected chi connectivity index (χ4v) is 3.52. The van der Waals surface area contributed by atoms with Crippen LogP contribution in [0.3, 0.4) is 0 Å². The molecule has 0 aromatic carbocycles. The monoisotopic (exact) mass is 312 g/mol. The number of carbonyl (C=O) groups is 1. The molecule has 0 spiro atoms. The number of anilines is 1. The predicted molar refractivity (Wildman–Crippen MR) is 84.0 cm³/mol. The molecule has 7 heteroatoms. The van der Waals surface area contributed by atoms with Gasteiger partial charge in [-0.3, -0.25) is 9.36 Å². The first-order valence-corrected chi connectivity index (χ1v) is 8.55. The van der Waals surface area contributed by atoms with Crippen molar-refractivity contribution in [1.82, 2.24) is 14.8 Å². The first-order valence-electron chi connectivity index (χ1n) is 7.57. The van der Waals surface area contributed by atoms with Gasteiger partial charge in [0.05, 0.1) is 5.75 Å². The van der Waals surface area contributed by atoms with Crippen LogP contribution in [0.4, 0.5) is 5.95 Å². The normalized spacial score (nSPS) is 19.2. The minimum atomic E-state index is -0.830. The van der Waals surface area contributed by atoms with Crippen LogP contribution in [0.15, 0.2) is 5.16 Å². The SMILES string of the molecule is CCC1CCCN(c2nnc(SCC(=O)O)n2C(C)C)C1. The third-order valence-corrected chi connectivity index (χ3v) is 4.79. The van der Waals surface area contributed by atoms with Gasteiger partial charge in [0, 0.05) is 19.1 Å². The van der Waals surface area contributed by atoms with E-state index in [1.54, 1.807) is 0 Å². The summed E-state index contributed by atoms with van der Waals surface area (Å²) >= 11 is 1.24. The summed E-state index contributed by atoms with van der Waals surface area (Å²) in [7, 11) is 0. The Labute approximate surface area is 129 Å². The minimum Gasteiger partial charge on any atom is -0.481 e. The van der Waals surface area contributed by atoms with Crippen molar-refractivity contribution >= 4 is 23.7 Å². The van der Waals surface area contributed by atoms with E-state index in [1.165, 1.54) is 31.0 Å². The highest BCUT2D eigenvalue weighted by Gasteiger charge is 2.25. The van der Waals surface area contributed by atoms with Crippen LogP contribution in [0.5, 0.6) is 0 Å². The molecule has 1 fully saturated rings. The third kappa shape index (κ3) is 3.90. The van der Waals surface area contributed by atoms with Crippen LogP contribution in [-0.2, 0) is 4.79 Å². The summed E-state index contributed by atoms with van der Waals surface area (Å²) < 4.78 is 2.06. The highest BCUT2D eigenvalue weighted by atomic mass is 32.2. The maximum absolute atomic E-state index is 10.8. The second-order valence-corrected chi connectivity index (χ2v) is 6.73. The second-order valence-electron chi connectivity index (χ2n) is 5.79. The summed E-state index contributed by atoms with van der Waals surface area (Å²) in [6.45, 7) is 8.42. The number of rotatable bonds is 6. The van der Waals surface area contributed by atoms with Crippen molar-refractivity contribution in [3.05, 3.63) is 0 Å². The van der Waals surface area contributed by atoms with Crippen LogP contribution in [0.1, 0.15) is 46.1 Å². The molecule has 1 aromatic heterocycles. The fraction of sp³-hybridized carbons (Fsp3) is 0.786. The van der Waals surface area contributed by atoms with Crippen molar-refractivity contribution in [1.29, 1.82) is 0 Å². The topological polar surface area (TPSA) is 71.2 Å². The van der Waals surface area contributed by atoms with Crippen molar-refractivity contribution in [3.8, 4) is 0 Å². The highest BCUT2D eigenvalue weighted by molar-refractivity contribution is 7.99. The second kappa shape index (κ2) is 7.15. The Morgan fingerprint density at radius 1 is 1.48 bits per heavy atom. The molecule has 0 aliphatic carbocycles. The van der Waals surface area contributed by atoms with Gasteiger partial charge in [-0.05, 0) is 32.6 Å². The van der Waals surface area contributed by atoms with Crippen molar-refractivity contribution < 1.29 is 9.90 Å². The zero-order valence-corrected chi connectivity index (χ0v) is 13.8. The lowest BCUT2D eigenvalue weighted by Crippen LogP contribution is -2.37. The molecule has 1 unspecified atom stereocenters. The summed E-state index contributed by atoms with van der Waals surface area (Å²) in [5.41, 5.74) is 0. The van der Waals surface area contributed by atoms with Gasteiger partial charge in [-0.15, -0.1) is 10.2 Å². The van der Waals surface area contributed by atoms with Crippen LogP contribution in [-0.4, -0.2) is 44.7 Å². The lowest BCUT2D eigenvalue weighted by molar-refractivity contribution is -0.133. The number of carboxylic acid groups (broad SMARTS) is 1. The molecule has 1 aromatic rings. The lowest BCUT2D eigenvalue weighted by Gasteiger charge is -2.33. The molecule has 1 aliphatic rings. The Morgan fingerprint density at radius 2 is 2.24 bits per heavy atom. The van der Waals surface area contributed by atoms with Crippen LogP contribution < -0.4 is 4.90 Å². The Morgan fingerprint density at radius 3 is 2.86 bits per heavy atom. The summed E-state index contributed by atoms with van der Waals surface area (Å²) in [4.78, 5) is 13.1. The summed E-state index contributed by atoms with van der Waals surface area (Å²) in [5.74, 6) is 0.786. The van der Waals surface area contributed by atoms with Crippen LogP contribution in [0, 0.1) is 5.92 Å². The van der Waals surface area contributed by atoms with Crippen LogP contribution >= 0.6 is 11.8 Å². The number of piperidine rings is 1. The molecule has 21 heavy (non-hydrogen) atoms. The predicted octanol–water partition coefficient (Wildman–Crippen LogP) is 2.66. The number of aromatic nitrogens is 3. The molecular weight excluding hydrogens is 288 g/mol. The Balaban J connectivity index is 2.20. The Bertz CT molecular complexity index is 489. The van der Waals surface area contributed by atoms with Gasteiger partial charge in [0.2, 0.25) is 5.95 Å². The lowest BCUT2D eigenvalue weighted by atomic mass is 9.96. The van der Waals surface area contributed by atoms with Gasteiger partial charge < -0.3 is 10.0 Å². The van der Waals surface area contributed by atoms with Crippen LogP contribution in [0.25, 0.3) is 0 Å². The van der Waals surface area contributed by atoms with Gasteiger partial charge in [0.15, 0.2) is 5.16 Å². The van der Waals surface area contributed by atoms with E-state index in [9.17, 15) is 4.79 Å². The maximum atomic E-state index is 10.8. The molecule has 0 amide bonds. The van der Waals surface area contributed by atoms with Gasteiger partial charge in [-0.1, -0.05) is 25.1 Å². The molecule has 2 rings (SSSR count). The molecule has 118 valence electrons. The zero-order valence-electron chi connectivity index (χ0n) is 12.9. The zero-order chi connectivity index (χ0) is 15.4. The molecule has 1 atom stereocenters. The van der Waals surface area contributed by atoms with Crippen molar-refractivity contribution in [3.63, 3.8) is 0 Å². The number of carboxylic acids is 1. The smallest absolute Gasteiger partial charge is 0.313 e. The number of hydrogen-bond acceptors (Lipinski definition) is 5. The van der Waals surface area contributed by atoms with Gasteiger partial charge in [-0.2, -0.15) is 0 Å². The first kappa shape index (κ1) is 16.1. The van der Waals surface area contributed by atoms with Crippen molar-refractivity contribution in [2.75, 3.05) is 23.7 Å². The molecular formula is C14H24N4O2S. The Kier molecular flexibility index (Phi) is 5.50. The standard InChI is InChI=1S/C14H24N4O2S/c1-4-11-6-5-7-17(8-11)13-15-16-14(18(13)10(2)3)21-9-12(19)20/h10-11H,4-9H2,1-3H3,(H,19,20). The molecule has 6 nitrogen and oxygen atoms in total.